The zero-order valence-electron chi connectivity index (χ0n) is 12.4. The van der Waals surface area contributed by atoms with Gasteiger partial charge in [-0.05, 0) is 32.0 Å². The molecule has 0 atom stereocenters. The Morgan fingerprint density at radius 2 is 2.05 bits per heavy atom. The fourth-order valence-electron chi connectivity index (χ4n) is 2.07. The fourth-order valence-corrected chi connectivity index (χ4v) is 2.79. The Balaban J connectivity index is 1.79. The SMILES string of the molecule is CC(C)=CC(=O)Nc1nc(-c2ccc3c(c2)OCCO3)cs1. The first kappa shape index (κ1) is 14.6. The minimum Gasteiger partial charge on any atom is -0.486 e. The normalized spacial score (nSPS) is 12.6. The highest BCUT2D eigenvalue weighted by molar-refractivity contribution is 7.14. The molecule has 0 bridgehead atoms. The maximum atomic E-state index is 11.7. The van der Waals surface area contributed by atoms with E-state index < -0.39 is 0 Å². The minimum absolute atomic E-state index is 0.164. The van der Waals surface area contributed by atoms with E-state index in [2.05, 4.69) is 10.3 Å². The Labute approximate surface area is 132 Å². The van der Waals surface area contributed by atoms with Gasteiger partial charge in [-0.25, -0.2) is 4.98 Å². The van der Waals surface area contributed by atoms with Crippen molar-refractivity contribution in [3.05, 3.63) is 35.2 Å². The average Bonchev–Trinajstić information content (AvgIpc) is 2.94. The first-order chi connectivity index (χ1) is 10.6. The first-order valence-electron chi connectivity index (χ1n) is 6.93. The first-order valence-corrected chi connectivity index (χ1v) is 7.81. The number of rotatable bonds is 3. The second kappa shape index (κ2) is 6.19. The van der Waals surface area contributed by atoms with Gasteiger partial charge in [0, 0.05) is 17.0 Å². The molecule has 1 aliphatic rings. The van der Waals surface area contributed by atoms with Gasteiger partial charge in [0.2, 0.25) is 5.91 Å². The van der Waals surface area contributed by atoms with Crippen LogP contribution in [-0.4, -0.2) is 24.1 Å². The maximum absolute atomic E-state index is 11.7. The van der Waals surface area contributed by atoms with Gasteiger partial charge in [-0.2, -0.15) is 0 Å². The molecule has 0 spiro atoms. The summed E-state index contributed by atoms with van der Waals surface area (Å²) in [5, 5.41) is 5.24. The molecule has 0 saturated heterocycles. The third kappa shape index (κ3) is 3.28. The Bertz CT molecular complexity index is 733. The molecule has 0 unspecified atom stereocenters. The number of carbonyl (C=O) groups excluding carboxylic acids is 1. The summed E-state index contributed by atoms with van der Waals surface area (Å²) in [6, 6.07) is 5.72. The van der Waals surface area contributed by atoms with Crippen molar-refractivity contribution in [1.29, 1.82) is 0 Å². The fraction of sp³-hybridized carbons (Fsp3) is 0.250. The van der Waals surface area contributed by atoms with E-state index >= 15 is 0 Å². The van der Waals surface area contributed by atoms with Gasteiger partial charge in [0.1, 0.15) is 13.2 Å². The smallest absolute Gasteiger partial charge is 0.250 e. The molecule has 1 amide bonds. The number of nitrogens with zero attached hydrogens (tertiary/aromatic N) is 1. The van der Waals surface area contributed by atoms with Crippen molar-refractivity contribution >= 4 is 22.4 Å². The number of anilines is 1. The molecule has 2 heterocycles. The van der Waals surface area contributed by atoms with Crippen LogP contribution in [0, 0.1) is 0 Å². The Morgan fingerprint density at radius 3 is 2.82 bits per heavy atom. The average molecular weight is 316 g/mol. The number of thiazole rings is 1. The predicted octanol–water partition coefficient (Wildman–Crippen LogP) is 3.49. The van der Waals surface area contributed by atoms with E-state index in [1.807, 2.05) is 37.4 Å². The van der Waals surface area contributed by atoms with Crippen molar-refractivity contribution in [3.63, 3.8) is 0 Å². The number of ether oxygens (including phenoxy) is 2. The summed E-state index contributed by atoms with van der Waals surface area (Å²) in [5.41, 5.74) is 2.68. The monoisotopic (exact) mass is 316 g/mol. The number of benzene rings is 1. The van der Waals surface area contributed by atoms with Gasteiger partial charge < -0.3 is 9.47 Å². The van der Waals surface area contributed by atoms with Crippen LogP contribution in [0.1, 0.15) is 13.8 Å². The summed E-state index contributed by atoms with van der Waals surface area (Å²) in [5.74, 6) is 1.32. The molecular formula is C16H16N2O3S. The second-order valence-corrected chi connectivity index (χ2v) is 5.97. The lowest BCUT2D eigenvalue weighted by Gasteiger charge is -2.18. The van der Waals surface area contributed by atoms with Crippen LogP contribution in [0.25, 0.3) is 11.3 Å². The van der Waals surface area contributed by atoms with Crippen LogP contribution >= 0.6 is 11.3 Å². The topological polar surface area (TPSA) is 60.5 Å². The van der Waals surface area contributed by atoms with Crippen LogP contribution in [0.3, 0.4) is 0 Å². The van der Waals surface area contributed by atoms with Crippen molar-refractivity contribution in [2.45, 2.75) is 13.8 Å². The highest BCUT2D eigenvalue weighted by atomic mass is 32.1. The molecule has 22 heavy (non-hydrogen) atoms. The summed E-state index contributed by atoms with van der Waals surface area (Å²) >= 11 is 1.39. The quantitative estimate of drug-likeness (QED) is 0.881. The summed E-state index contributed by atoms with van der Waals surface area (Å²) < 4.78 is 11.1. The molecule has 1 aromatic heterocycles. The van der Waals surface area contributed by atoms with Gasteiger partial charge >= 0.3 is 0 Å². The number of amides is 1. The lowest BCUT2D eigenvalue weighted by molar-refractivity contribution is -0.111. The van der Waals surface area contributed by atoms with Crippen LogP contribution in [0.4, 0.5) is 5.13 Å². The van der Waals surface area contributed by atoms with Gasteiger partial charge in [0.05, 0.1) is 5.69 Å². The molecule has 3 rings (SSSR count). The number of nitrogens with one attached hydrogen (secondary N) is 1. The zero-order chi connectivity index (χ0) is 15.5. The molecule has 1 N–H and O–H groups in total. The molecule has 0 aliphatic carbocycles. The number of aromatic nitrogens is 1. The number of carbonyl (C=O) groups is 1. The third-order valence-electron chi connectivity index (χ3n) is 2.99. The molecular weight excluding hydrogens is 300 g/mol. The van der Waals surface area contributed by atoms with Crippen molar-refractivity contribution in [2.75, 3.05) is 18.5 Å². The van der Waals surface area contributed by atoms with E-state index in [-0.39, 0.29) is 5.91 Å². The van der Waals surface area contributed by atoms with E-state index in [0.717, 1.165) is 28.3 Å². The number of allylic oxidation sites excluding steroid dienone is 1. The highest BCUT2D eigenvalue weighted by Crippen LogP contribution is 2.35. The number of hydrogen-bond acceptors (Lipinski definition) is 5. The van der Waals surface area contributed by atoms with Gasteiger partial charge in [-0.15, -0.1) is 11.3 Å². The molecule has 5 nitrogen and oxygen atoms in total. The van der Waals surface area contributed by atoms with Crippen LogP contribution in [0.15, 0.2) is 35.2 Å². The van der Waals surface area contributed by atoms with Gasteiger partial charge in [-0.3, -0.25) is 10.1 Å². The summed E-state index contributed by atoms with van der Waals surface area (Å²) in [6.45, 7) is 4.88. The number of hydrogen-bond donors (Lipinski definition) is 1. The van der Waals surface area contributed by atoms with Gasteiger partial charge in [-0.1, -0.05) is 5.57 Å². The molecule has 1 aromatic carbocycles. The molecule has 6 heteroatoms. The summed E-state index contributed by atoms with van der Waals surface area (Å²) in [6.07, 6.45) is 1.55. The van der Waals surface area contributed by atoms with Crippen LogP contribution < -0.4 is 14.8 Å². The maximum Gasteiger partial charge on any atom is 0.250 e. The van der Waals surface area contributed by atoms with E-state index in [4.69, 9.17) is 9.47 Å². The number of fused-ring (bicyclic) bond motifs is 1. The predicted molar refractivity (Wildman–Crippen MR) is 86.6 cm³/mol. The van der Waals surface area contributed by atoms with Crippen molar-refractivity contribution in [2.24, 2.45) is 0 Å². The van der Waals surface area contributed by atoms with Crippen molar-refractivity contribution in [3.8, 4) is 22.8 Å². The summed E-state index contributed by atoms with van der Waals surface area (Å²) in [7, 11) is 0. The standard InChI is InChI=1S/C16H16N2O3S/c1-10(2)7-15(19)18-16-17-12(9-22-16)11-3-4-13-14(8-11)21-6-5-20-13/h3-4,7-9H,5-6H2,1-2H3,(H,17,18,19). The minimum atomic E-state index is -0.164. The van der Waals surface area contributed by atoms with E-state index in [0.29, 0.717) is 18.3 Å². The Kier molecular flexibility index (Phi) is 4.11. The van der Waals surface area contributed by atoms with Gasteiger partial charge in [0.25, 0.3) is 0 Å². The zero-order valence-corrected chi connectivity index (χ0v) is 13.2. The second-order valence-electron chi connectivity index (χ2n) is 5.11. The van der Waals surface area contributed by atoms with Crippen molar-refractivity contribution in [1.82, 2.24) is 4.98 Å². The van der Waals surface area contributed by atoms with Crippen LogP contribution in [0.5, 0.6) is 11.5 Å². The lowest BCUT2D eigenvalue weighted by atomic mass is 10.1. The molecule has 1 aliphatic heterocycles. The molecule has 2 aromatic rings. The molecule has 114 valence electrons. The largest absolute Gasteiger partial charge is 0.486 e. The third-order valence-corrected chi connectivity index (χ3v) is 3.75. The van der Waals surface area contributed by atoms with E-state index in [1.165, 1.54) is 11.3 Å². The van der Waals surface area contributed by atoms with Crippen LogP contribution in [-0.2, 0) is 4.79 Å². The van der Waals surface area contributed by atoms with E-state index in [1.54, 1.807) is 6.08 Å². The molecule has 0 radical (unpaired) electrons. The van der Waals surface area contributed by atoms with Crippen molar-refractivity contribution < 1.29 is 14.3 Å². The van der Waals surface area contributed by atoms with Crippen LogP contribution in [0.2, 0.25) is 0 Å². The van der Waals surface area contributed by atoms with Gasteiger partial charge in [0.15, 0.2) is 16.6 Å². The Morgan fingerprint density at radius 1 is 1.27 bits per heavy atom. The van der Waals surface area contributed by atoms with E-state index in [9.17, 15) is 4.79 Å². The highest BCUT2D eigenvalue weighted by Gasteiger charge is 2.14. The lowest BCUT2D eigenvalue weighted by Crippen LogP contribution is -2.15. The molecule has 0 saturated carbocycles. The Hall–Kier alpha value is -2.34. The summed E-state index contributed by atoms with van der Waals surface area (Å²) in [4.78, 5) is 16.1. The molecule has 0 fully saturated rings.